The van der Waals surface area contributed by atoms with Crippen LogP contribution in [0, 0.1) is 29.6 Å². The number of nitrogens with one attached hydrogen (secondary N) is 3. The molecule has 2 aliphatic rings. The lowest BCUT2D eigenvalue weighted by atomic mass is 9.93. The Labute approximate surface area is 388 Å². The van der Waals surface area contributed by atoms with Crippen molar-refractivity contribution in [2.45, 2.75) is 163 Å². The van der Waals surface area contributed by atoms with E-state index in [9.17, 15) is 38.4 Å². The number of nitrogens with zero attached hydrogens (tertiary/aromatic N) is 5. The Bertz CT molecular complexity index is 1840. The van der Waals surface area contributed by atoms with Crippen LogP contribution in [0.2, 0.25) is 0 Å². The summed E-state index contributed by atoms with van der Waals surface area (Å²) in [6.07, 6.45) is 1.96. The van der Waals surface area contributed by atoms with Crippen LogP contribution in [0.5, 0.6) is 0 Å². The highest BCUT2D eigenvalue weighted by Gasteiger charge is 2.45. The minimum Gasteiger partial charge on any atom is -0.343 e. The largest absolute Gasteiger partial charge is 0.343 e. The number of carbonyl (C=O) groups is 8. The summed E-state index contributed by atoms with van der Waals surface area (Å²) in [5.74, 6) is -5.45. The van der Waals surface area contributed by atoms with E-state index in [0.717, 1.165) is 5.56 Å². The maximum Gasteiger partial charge on any atom is 0.246 e. The number of likely N-dealkylation sites (N-methyl/N-ethyl adjacent to an activating group) is 4. The lowest BCUT2D eigenvalue weighted by molar-refractivity contribution is -0.152. The molecule has 364 valence electrons. The second kappa shape index (κ2) is 24.0. The number of hydrogen-bond acceptors (Lipinski definition) is 8. The van der Waals surface area contributed by atoms with Crippen molar-refractivity contribution in [2.24, 2.45) is 29.6 Å². The summed E-state index contributed by atoms with van der Waals surface area (Å²) in [6, 6.07) is 0.785. The molecule has 16 heteroatoms. The molecule has 3 rings (SSSR count). The van der Waals surface area contributed by atoms with E-state index in [2.05, 4.69) is 16.0 Å². The molecule has 1 unspecified atom stereocenters. The zero-order chi connectivity index (χ0) is 49.2. The Balaban J connectivity index is 2.25. The highest BCUT2D eigenvalue weighted by Crippen LogP contribution is 2.25. The lowest BCUT2D eigenvalue weighted by Crippen LogP contribution is -2.63. The Morgan fingerprint density at radius 1 is 0.569 bits per heavy atom. The molecule has 2 heterocycles. The maximum absolute atomic E-state index is 14.7. The van der Waals surface area contributed by atoms with E-state index >= 15 is 0 Å². The van der Waals surface area contributed by atoms with E-state index in [0.29, 0.717) is 19.3 Å². The summed E-state index contributed by atoms with van der Waals surface area (Å²) in [6.45, 7) is 20.4. The molecule has 2 saturated heterocycles. The summed E-state index contributed by atoms with van der Waals surface area (Å²) in [5.41, 5.74) is 0.766. The number of amides is 8. The third-order valence-electron chi connectivity index (χ3n) is 13.2. The molecule has 0 aromatic heterocycles. The molecule has 0 saturated carbocycles. The Kier molecular flexibility index (Phi) is 20.0. The van der Waals surface area contributed by atoms with Gasteiger partial charge < -0.3 is 40.4 Å². The number of rotatable bonds is 10. The molecule has 8 amide bonds. The van der Waals surface area contributed by atoms with Crippen molar-refractivity contribution in [1.82, 2.24) is 40.4 Å². The predicted octanol–water partition coefficient (Wildman–Crippen LogP) is 3.47. The van der Waals surface area contributed by atoms with Crippen LogP contribution >= 0.6 is 0 Å². The zero-order valence-corrected chi connectivity index (χ0v) is 41.8. The Morgan fingerprint density at radius 3 is 1.55 bits per heavy atom. The van der Waals surface area contributed by atoms with Crippen LogP contribution in [-0.4, -0.2) is 155 Å². The Morgan fingerprint density at radius 2 is 1.06 bits per heavy atom. The van der Waals surface area contributed by atoms with Gasteiger partial charge in [0.25, 0.3) is 0 Å². The fourth-order valence-electron chi connectivity index (χ4n) is 9.02. The van der Waals surface area contributed by atoms with Crippen LogP contribution in [0.4, 0.5) is 0 Å². The fourth-order valence-corrected chi connectivity index (χ4v) is 9.02. The Hall–Kier alpha value is -5.02. The molecule has 1 aromatic carbocycles. The van der Waals surface area contributed by atoms with Gasteiger partial charge in [-0.25, -0.2) is 0 Å². The molecule has 65 heavy (non-hydrogen) atoms. The van der Waals surface area contributed by atoms with E-state index in [-0.39, 0.29) is 43.6 Å². The van der Waals surface area contributed by atoms with Crippen LogP contribution < -0.4 is 16.0 Å². The first-order valence-electron chi connectivity index (χ1n) is 23.7. The summed E-state index contributed by atoms with van der Waals surface area (Å²) >= 11 is 0. The normalized spacial score (nSPS) is 27.4. The van der Waals surface area contributed by atoms with Crippen LogP contribution in [0.3, 0.4) is 0 Å². The summed E-state index contributed by atoms with van der Waals surface area (Å²) in [4.78, 5) is 123. The first-order valence-corrected chi connectivity index (χ1v) is 23.7. The molecule has 0 aliphatic carbocycles. The SMILES string of the molecule is CCC(C)[C@@H]1NC(=O)[C@H](CC(C)C)N(C)C(=O)[C@H](C(C)C)N(C)C(=O)[C@H](C)NC(=O)[C@H](Cc2ccccc2)N(C)C(=O)[C@@H]2CCCN2C(=O)[C@H](C(C)C)NC(=O)[C@H](CC(C)C)N(C)C1=O. The molecule has 2 aliphatic heterocycles. The molecule has 1 aromatic rings. The van der Waals surface area contributed by atoms with E-state index in [1.54, 1.807) is 27.7 Å². The van der Waals surface area contributed by atoms with Gasteiger partial charge in [0.1, 0.15) is 48.3 Å². The van der Waals surface area contributed by atoms with Gasteiger partial charge in [-0.1, -0.05) is 106 Å². The van der Waals surface area contributed by atoms with Crippen molar-refractivity contribution in [2.75, 3.05) is 34.7 Å². The van der Waals surface area contributed by atoms with Crippen molar-refractivity contribution >= 4 is 47.3 Å². The van der Waals surface area contributed by atoms with Crippen LogP contribution in [0.15, 0.2) is 30.3 Å². The third-order valence-corrected chi connectivity index (χ3v) is 13.2. The van der Waals surface area contributed by atoms with Crippen molar-refractivity contribution < 1.29 is 38.4 Å². The van der Waals surface area contributed by atoms with Crippen LogP contribution in [0.25, 0.3) is 0 Å². The molecule has 0 spiro atoms. The highest BCUT2D eigenvalue weighted by atomic mass is 16.2. The van der Waals surface area contributed by atoms with Gasteiger partial charge in [0.2, 0.25) is 47.3 Å². The molecule has 0 bridgehead atoms. The standard InChI is InChI=1S/C49H80N8O8/c1-16-32(10)40-47(63)54(13)36(25-28(2)3)43(59)51-39(30(6)7)48(64)57-24-20-23-35(57)46(62)53(12)38(27-34-21-18-17-19-22-34)42(58)50-33(11)45(61)56(15)41(31(8)9)49(65)55(14)37(26-29(4)5)44(60)52-40/h17-19,21-22,28-33,35-41H,16,20,23-27H2,1-15H3,(H,50,58)(H,51,59)(H,52,60)/t32?,33-,35-,36-,37-,38-,39-,40-,41-/m0/s1. The number of carbonyl (C=O) groups excluding carboxylic acids is 8. The topological polar surface area (TPSA) is 189 Å². The van der Waals surface area contributed by atoms with Gasteiger partial charge in [-0.3, -0.25) is 38.4 Å². The van der Waals surface area contributed by atoms with Crippen LogP contribution in [0.1, 0.15) is 114 Å². The van der Waals surface area contributed by atoms with E-state index in [1.807, 2.05) is 71.9 Å². The van der Waals surface area contributed by atoms with Gasteiger partial charge in [-0.05, 0) is 67.8 Å². The minimum absolute atomic E-state index is 0.0492. The van der Waals surface area contributed by atoms with Crippen LogP contribution in [-0.2, 0) is 44.8 Å². The van der Waals surface area contributed by atoms with Gasteiger partial charge in [-0.15, -0.1) is 0 Å². The smallest absolute Gasteiger partial charge is 0.246 e. The van der Waals surface area contributed by atoms with Crippen molar-refractivity contribution in [1.29, 1.82) is 0 Å². The highest BCUT2D eigenvalue weighted by molar-refractivity contribution is 5.99. The lowest BCUT2D eigenvalue weighted by Gasteiger charge is -2.39. The molecule has 2 fully saturated rings. The minimum atomic E-state index is -1.13. The van der Waals surface area contributed by atoms with Gasteiger partial charge in [0.05, 0.1) is 0 Å². The molecule has 16 nitrogen and oxygen atoms in total. The molecule has 0 radical (unpaired) electrons. The van der Waals surface area contributed by atoms with Gasteiger partial charge in [0, 0.05) is 41.2 Å². The summed E-state index contributed by atoms with van der Waals surface area (Å²) in [5, 5.41) is 8.76. The average Bonchev–Trinajstić information content (AvgIpc) is 3.75. The van der Waals surface area contributed by atoms with Gasteiger partial charge in [0.15, 0.2) is 0 Å². The van der Waals surface area contributed by atoms with Crippen molar-refractivity contribution in [3.8, 4) is 0 Å². The van der Waals surface area contributed by atoms with E-state index in [1.165, 1.54) is 59.6 Å². The molecular formula is C49H80N8O8. The fraction of sp³-hybridized carbons (Fsp3) is 0.714. The van der Waals surface area contributed by atoms with Gasteiger partial charge >= 0.3 is 0 Å². The van der Waals surface area contributed by atoms with E-state index in [4.69, 9.17) is 0 Å². The summed E-state index contributed by atoms with van der Waals surface area (Å²) in [7, 11) is 6.06. The monoisotopic (exact) mass is 909 g/mol. The van der Waals surface area contributed by atoms with E-state index < -0.39 is 107 Å². The first-order chi connectivity index (χ1) is 30.3. The maximum atomic E-state index is 14.7. The number of hydrogen-bond donors (Lipinski definition) is 3. The zero-order valence-electron chi connectivity index (χ0n) is 41.8. The summed E-state index contributed by atoms with van der Waals surface area (Å²) < 4.78 is 0. The number of benzene rings is 1. The predicted molar refractivity (Wildman–Crippen MR) is 251 cm³/mol. The number of fused-ring (bicyclic) bond motifs is 1. The van der Waals surface area contributed by atoms with Crippen molar-refractivity contribution in [3.63, 3.8) is 0 Å². The average molecular weight is 909 g/mol. The first kappa shape index (κ1) is 54.3. The van der Waals surface area contributed by atoms with Gasteiger partial charge in [-0.2, -0.15) is 0 Å². The molecule has 3 N–H and O–H groups in total. The molecule has 9 atom stereocenters. The molecular weight excluding hydrogens is 829 g/mol. The third kappa shape index (κ3) is 13.5. The second-order valence-corrected chi connectivity index (χ2v) is 20.0. The quantitative estimate of drug-likeness (QED) is 0.318. The van der Waals surface area contributed by atoms with Crippen molar-refractivity contribution in [3.05, 3.63) is 35.9 Å². The second-order valence-electron chi connectivity index (χ2n) is 20.0.